The Bertz CT molecular complexity index is 271. The molecule has 2 fully saturated rings. The van der Waals surface area contributed by atoms with E-state index in [1.54, 1.807) is 6.42 Å². The van der Waals surface area contributed by atoms with E-state index in [0.29, 0.717) is 13.1 Å². The third-order valence-corrected chi connectivity index (χ3v) is 2.43. The van der Waals surface area contributed by atoms with Crippen molar-refractivity contribution in [1.82, 2.24) is 4.90 Å². The third-order valence-electron chi connectivity index (χ3n) is 2.43. The second-order valence-electron chi connectivity index (χ2n) is 3.55. The molecule has 0 bridgehead atoms. The Morgan fingerprint density at radius 2 is 2.00 bits per heavy atom. The second-order valence-corrected chi connectivity index (χ2v) is 3.55. The van der Waals surface area contributed by atoms with E-state index < -0.39 is 31.1 Å². The lowest BCUT2D eigenvalue weighted by Crippen LogP contribution is -2.64. The van der Waals surface area contributed by atoms with Gasteiger partial charge in [-0.05, 0) is 0 Å². The molecular weight excluding hydrogens is 215 g/mol. The number of likely N-dealkylation sites (tertiary alicyclic amines) is 1. The molecule has 0 aliphatic carbocycles. The van der Waals surface area contributed by atoms with Gasteiger partial charge in [0.15, 0.2) is 0 Å². The first-order chi connectivity index (χ1) is 6.95. The van der Waals surface area contributed by atoms with Gasteiger partial charge in [-0.2, -0.15) is 13.2 Å². The molecule has 2 heterocycles. The van der Waals surface area contributed by atoms with Crippen molar-refractivity contribution in [2.24, 2.45) is 0 Å². The highest BCUT2D eigenvalue weighted by Crippen LogP contribution is 2.39. The molecule has 2 saturated heterocycles. The Morgan fingerprint density at radius 3 is 2.27 bits per heavy atom. The van der Waals surface area contributed by atoms with Crippen molar-refractivity contribution in [3.63, 3.8) is 0 Å². The van der Waals surface area contributed by atoms with Gasteiger partial charge in [0, 0.05) is 19.5 Å². The number of ether oxygens (including phenoxy) is 2. The molecule has 2 aliphatic rings. The Morgan fingerprint density at radius 1 is 1.40 bits per heavy atom. The zero-order valence-electron chi connectivity index (χ0n) is 7.71. The van der Waals surface area contributed by atoms with E-state index in [0.717, 1.165) is 0 Å². The lowest BCUT2D eigenvalue weighted by atomic mass is 10.0. The van der Waals surface area contributed by atoms with Gasteiger partial charge in [-0.25, -0.2) is 4.79 Å². The van der Waals surface area contributed by atoms with Crippen molar-refractivity contribution >= 4 is 6.09 Å². The molecule has 2 rings (SSSR count). The molecular formula is C8H9F3NO3. The summed E-state index contributed by atoms with van der Waals surface area (Å²) in [4.78, 5) is 12.4. The van der Waals surface area contributed by atoms with Gasteiger partial charge in [0.2, 0.25) is 0 Å². The van der Waals surface area contributed by atoms with Gasteiger partial charge >= 0.3 is 12.3 Å². The van der Waals surface area contributed by atoms with Crippen LogP contribution in [-0.4, -0.2) is 49.1 Å². The quantitative estimate of drug-likeness (QED) is 0.666. The van der Waals surface area contributed by atoms with E-state index in [4.69, 9.17) is 0 Å². The van der Waals surface area contributed by atoms with Crippen LogP contribution >= 0.6 is 0 Å². The summed E-state index contributed by atoms with van der Waals surface area (Å²) in [6, 6.07) is 0. The zero-order chi connectivity index (χ0) is 11.1. The molecule has 85 valence electrons. The monoisotopic (exact) mass is 224 g/mol. The van der Waals surface area contributed by atoms with E-state index in [9.17, 15) is 18.0 Å². The first-order valence-corrected chi connectivity index (χ1v) is 4.39. The summed E-state index contributed by atoms with van der Waals surface area (Å²) in [6.07, 6.45) is -3.74. The van der Waals surface area contributed by atoms with Crippen molar-refractivity contribution in [2.75, 3.05) is 26.3 Å². The molecule has 0 spiro atoms. The van der Waals surface area contributed by atoms with E-state index >= 15 is 0 Å². The van der Waals surface area contributed by atoms with Crippen LogP contribution in [0.1, 0.15) is 0 Å². The van der Waals surface area contributed by atoms with Crippen LogP contribution < -0.4 is 0 Å². The number of nitrogens with zero attached hydrogens (tertiary/aromatic N) is 1. The summed E-state index contributed by atoms with van der Waals surface area (Å²) >= 11 is 0. The summed E-state index contributed by atoms with van der Waals surface area (Å²) in [5.74, 6) is 0. The zero-order valence-corrected chi connectivity index (χ0v) is 7.71. The molecule has 0 N–H and O–H groups in total. The number of carbonyl (C=O) groups is 1. The highest BCUT2D eigenvalue weighted by molar-refractivity contribution is 5.70. The lowest BCUT2D eigenvalue weighted by molar-refractivity contribution is -0.333. The summed E-state index contributed by atoms with van der Waals surface area (Å²) in [7, 11) is 0. The number of hydrogen-bond donors (Lipinski definition) is 0. The van der Waals surface area contributed by atoms with E-state index in [-0.39, 0.29) is 0 Å². The minimum atomic E-state index is -4.57. The standard InChI is InChI=1S/C8H9F3NO3/c9-8(10,11)7(4-14-5-7)15-6(13)12-2-1-3-12/h1H,2-5H2. The molecule has 0 atom stereocenters. The van der Waals surface area contributed by atoms with Crippen molar-refractivity contribution < 1.29 is 27.4 Å². The van der Waals surface area contributed by atoms with Crippen molar-refractivity contribution in [3.8, 4) is 0 Å². The first-order valence-electron chi connectivity index (χ1n) is 4.39. The Kier molecular flexibility index (Phi) is 2.29. The van der Waals surface area contributed by atoms with Crippen molar-refractivity contribution in [1.29, 1.82) is 0 Å². The smallest absolute Gasteiger partial charge is 0.428 e. The van der Waals surface area contributed by atoms with Gasteiger partial charge in [-0.15, -0.1) is 0 Å². The van der Waals surface area contributed by atoms with Gasteiger partial charge in [0.25, 0.3) is 5.60 Å². The average Bonchev–Trinajstić information content (AvgIpc) is 1.90. The number of amides is 1. The number of halogens is 3. The summed E-state index contributed by atoms with van der Waals surface area (Å²) in [6.45, 7) is -0.541. The van der Waals surface area contributed by atoms with Crippen LogP contribution in [-0.2, 0) is 9.47 Å². The molecule has 0 aromatic carbocycles. The molecule has 15 heavy (non-hydrogen) atoms. The van der Waals surface area contributed by atoms with Crippen LogP contribution in [0.5, 0.6) is 0 Å². The van der Waals surface area contributed by atoms with Crippen molar-refractivity contribution in [2.45, 2.75) is 11.8 Å². The van der Waals surface area contributed by atoms with Gasteiger partial charge in [0.1, 0.15) is 0 Å². The summed E-state index contributed by atoms with van der Waals surface area (Å²) < 4.78 is 46.5. The molecule has 1 radical (unpaired) electrons. The Balaban J connectivity index is 1.98. The largest absolute Gasteiger partial charge is 0.433 e. The molecule has 7 heteroatoms. The van der Waals surface area contributed by atoms with Crippen molar-refractivity contribution in [3.05, 3.63) is 6.42 Å². The summed E-state index contributed by atoms with van der Waals surface area (Å²) in [5, 5.41) is 0. The molecule has 0 unspecified atom stereocenters. The molecule has 0 saturated carbocycles. The van der Waals surface area contributed by atoms with Crippen LogP contribution in [0.4, 0.5) is 18.0 Å². The number of alkyl halides is 3. The van der Waals surface area contributed by atoms with Crippen LogP contribution in [0.15, 0.2) is 0 Å². The van der Waals surface area contributed by atoms with E-state index in [1.807, 2.05) is 0 Å². The Labute approximate surface area is 83.9 Å². The fourth-order valence-corrected chi connectivity index (χ4v) is 1.21. The lowest BCUT2D eigenvalue weighted by Gasteiger charge is -2.43. The highest BCUT2D eigenvalue weighted by atomic mass is 19.4. The van der Waals surface area contributed by atoms with E-state index in [2.05, 4.69) is 9.47 Å². The predicted octanol–water partition coefficient (Wildman–Crippen LogP) is 0.974. The number of hydrogen-bond acceptors (Lipinski definition) is 3. The average molecular weight is 224 g/mol. The number of carbonyl (C=O) groups excluding carboxylic acids is 1. The van der Waals surface area contributed by atoms with Gasteiger partial charge < -0.3 is 14.4 Å². The minimum absolute atomic E-state index is 0.341. The van der Waals surface area contributed by atoms with Crippen LogP contribution in [0.25, 0.3) is 0 Å². The van der Waals surface area contributed by atoms with Gasteiger partial charge in [-0.3, -0.25) is 0 Å². The first kappa shape index (κ1) is 10.5. The van der Waals surface area contributed by atoms with Crippen LogP contribution in [0, 0.1) is 6.42 Å². The number of rotatable bonds is 1. The summed E-state index contributed by atoms with van der Waals surface area (Å²) in [5.41, 5.74) is -2.43. The predicted molar refractivity (Wildman–Crippen MR) is 42.0 cm³/mol. The molecule has 2 aliphatic heterocycles. The van der Waals surface area contributed by atoms with Gasteiger partial charge in [-0.1, -0.05) is 0 Å². The fraction of sp³-hybridized carbons (Fsp3) is 0.750. The van der Waals surface area contributed by atoms with Crippen LogP contribution in [0.2, 0.25) is 0 Å². The topological polar surface area (TPSA) is 38.8 Å². The van der Waals surface area contributed by atoms with E-state index in [1.165, 1.54) is 4.90 Å². The highest BCUT2D eigenvalue weighted by Gasteiger charge is 2.64. The third kappa shape index (κ3) is 1.64. The molecule has 1 amide bonds. The fourth-order valence-electron chi connectivity index (χ4n) is 1.21. The van der Waals surface area contributed by atoms with Crippen LogP contribution in [0.3, 0.4) is 0 Å². The van der Waals surface area contributed by atoms with Gasteiger partial charge in [0.05, 0.1) is 13.2 Å². The maximum Gasteiger partial charge on any atom is 0.433 e. The second kappa shape index (κ2) is 3.26. The minimum Gasteiger partial charge on any atom is -0.428 e. The molecule has 0 aromatic heterocycles. The molecule has 4 nitrogen and oxygen atoms in total. The maximum absolute atomic E-state index is 12.5. The molecule has 0 aromatic rings. The maximum atomic E-state index is 12.5. The Hall–Kier alpha value is -0.980. The normalized spacial score (nSPS) is 24.1. The SMILES string of the molecule is O=C(OC1(C(F)(F)F)COC1)N1C[CH]C1.